The van der Waals surface area contributed by atoms with Crippen molar-refractivity contribution in [2.45, 2.75) is 99.4 Å². The van der Waals surface area contributed by atoms with Crippen LogP contribution in [-0.4, -0.2) is 15.3 Å². The molecular weight excluding hydrogens is 1060 g/mol. The van der Waals surface area contributed by atoms with Gasteiger partial charge in [-0.3, -0.25) is 0 Å². The molecule has 0 spiro atoms. The third kappa shape index (κ3) is 27.5. The molecule has 8 heterocycles. The standard InChI is InChI=1S/C19H18N.C9H14NO.2C9H14N.C8H12NO.C7H10NO.2C7H10N/c1-20-14-12-18(13-15-20)19(16-8-4-2-5-9-16)17-10-6-3-7-11-17;1-9(2,11)8-4-6-10(3)7-5-8;1-7-5-8(2)10(4)9(3)6-7;1-3-6-9-7-4-5-8-10(9)2;1-7(10)8-3-5-9(2)6-4-8;1-8-5-3-2-4-7(8)6-9;1-7-4-3-5-8(2)6-7;1-7-5-3-4-6-8(7)2/h2-15,19H,1H3;4-7,11H,1-3H3;5-6H,1-4H3;4-5,7-8H,3,6H2,1-2H3;3-7,10H,1-2H3;2-5,9H,6H2,1H3;2*3-6H,1-2H3/q8*+1. The summed E-state index contributed by atoms with van der Waals surface area (Å²) in [5.41, 5.74) is 14.0. The number of nitrogens with zero attached hydrogens (tertiary/aromatic N) is 8. The van der Waals surface area contributed by atoms with Crippen molar-refractivity contribution in [1.29, 1.82) is 0 Å². The topological polar surface area (TPSA) is 91.7 Å². The van der Waals surface area contributed by atoms with E-state index in [2.05, 4.69) is 214 Å². The highest BCUT2D eigenvalue weighted by Gasteiger charge is 2.18. The Kier molecular flexibility index (Phi) is 32.1. The quantitative estimate of drug-likeness (QED) is 0.133. The van der Waals surface area contributed by atoms with Gasteiger partial charge in [-0.25, -0.2) is 36.5 Å². The summed E-state index contributed by atoms with van der Waals surface area (Å²) in [5.74, 6) is 0.290. The molecule has 2 aromatic carbocycles. The second-order valence-corrected chi connectivity index (χ2v) is 22.2. The van der Waals surface area contributed by atoms with Crippen LogP contribution in [0.15, 0.2) is 244 Å². The summed E-state index contributed by atoms with van der Waals surface area (Å²) in [6.45, 7) is 18.2. The Bertz CT molecular complexity index is 3360. The van der Waals surface area contributed by atoms with E-state index >= 15 is 0 Å². The molecule has 0 radical (unpaired) electrons. The van der Waals surface area contributed by atoms with E-state index in [1.807, 2.05) is 165 Å². The van der Waals surface area contributed by atoms with Crippen molar-refractivity contribution in [3.05, 3.63) is 312 Å². The number of benzene rings is 2. The first-order valence-corrected chi connectivity index (χ1v) is 29.5. The highest BCUT2D eigenvalue weighted by Crippen LogP contribution is 2.31. The number of hydrogen-bond acceptors (Lipinski definition) is 3. The van der Waals surface area contributed by atoms with Crippen LogP contribution >= 0.6 is 0 Å². The first-order chi connectivity index (χ1) is 40.9. The van der Waals surface area contributed by atoms with Crippen molar-refractivity contribution in [1.82, 2.24) is 0 Å². The summed E-state index contributed by atoms with van der Waals surface area (Å²) in [6, 6.07) is 60.1. The molecule has 1 atom stereocenters. The van der Waals surface area contributed by atoms with Crippen LogP contribution in [0.25, 0.3) is 0 Å². The smallest absolute Gasteiger partial charge is 0.206 e. The normalized spacial score (nSPS) is 10.5. The van der Waals surface area contributed by atoms with Crippen LogP contribution in [0.3, 0.4) is 0 Å². The Labute approximate surface area is 516 Å². The maximum Gasteiger partial charge on any atom is 0.206 e. The summed E-state index contributed by atoms with van der Waals surface area (Å²) >= 11 is 0. The van der Waals surface area contributed by atoms with E-state index < -0.39 is 5.60 Å². The number of aryl methyl sites for hydroxylation is 13. The molecule has 10 rings (SSSR count). The van der Waals surface area contributed by atoms with Crippen LogP contribution < -0.4 is 36.5 Å². The number of rotatable bonds is 8. The molecule has 0 saturated carbocycles. The van der Waals surface area contributed by atoms with E-state index in [4.69, 9.17) is 10.2 Å². The Balaban J connectivity index is 0.000000263. The summed E-state index contributed by atoms with van der Waals surface area (Å²) < 4.78 is 16.3. The predicted octanol–water partition coefficient (Wildman–Crippen LogP) is 9.54. The molecule has 0 fully saturated rings. The first kappa shape index (κ1) is 71.8. The van der Waals surface area contributed by atoms with Crippen molar-refractivity contribution < 1.29 is 51.9 Å². The molecule has 452 valence electrons. The van der Waals surface area contributed by atoms with Crippen molar-refractivity contribution >= 4 is 0 Å². The van der Waals surface area contributed by atoms with E-state index in [9.17, 15) is 5.11 Å². The van der Waals surface area contributed by atoms with Crippen molar-refractivity contribution in [3.8, 4) is 0 Å². The van der Waals surface area contributed by atoms with Gasteiger partial charge in [-0.15, -0.1) is 0 Å². The molecule has 0 amide bonds. The van der Waals surface area contributed by atoms with Crippen LogP contribution in [0.2, 0.25) is 0 Å². The van der Waals surface area contributed by atoms with E-state index in [0.717, 1.165) is 16.8 Å². The lowest BCUT2D eigenvalue weighted by Crippen LogP contribution is -2.35. The van der Waals surface area contributed by atoms with Gasteiger partial charge in [-0.1, -0.05) is 85.8 Å². The fraction of sp³-hybridized carbons (Fsp3) is 0.307. The molecule has 0 saturated heterocycles. The molecule has 11 nitrogen and oxygen atoms in total. The third-order valence-corrected chi connectivity index (χ3v) is 14.1. The minimum Gasteiger partial charge on any atom is -0.389 e. The zero-order valence-corrected chi connectivity index (χ0v) is 54.8. The molecule has 0 aliphatic heterocycles. The SMILES string of the molecule is CC(O)c1cc[n+](C)cc1.CCCc1cccc[n+]1C.C[n+]1ccc(C(C)(C)O)cc1.C[n+]1ccc(C(c2ccccc2)c2ccccc2)cc1.C[n+]1ccccc1CO.Cc1cc(C)[n+](C)c(C)c1.Cc1ccc[n+](C)c1.Cc1cccc[n+]1C. The van der Waals surface area contributed by atoms with E-state index in [1.54, 1.807) is 20.8 Å². The van der Waals surface area contributed by atoms with Gasteiger partial charge in [0.1, 0.15) is 63.0 Å². The van der Waals surface area contributed by atoms with Gasteiger partial charge in [0.15, 0.2) is 90.9 Å². The van der Waals surface area contributed by atoms with Crippen molar-refractivity contribution in [2.75, 3.05) is 0 Å². The van der Waals surface area contributed by atoms with Crippen LogP contribution in [0, 0.1) is 34.6 Å². The molecule has 3 N–H and O–H groups in total. The van der Waals surface area contributed by atoms with Gasteiger partial charge in [0.2, 0.25) is 5.69 Å². The number of aliphatic hydroxyl groups excluding tert-OH is 2. The molecule has 0 aliphatic rings. The highest BCUT2D eigenvalue weighted by atomic mass is 16.3. The lowest BCUT2D eigenvalue weighted by Gasteiger charge is -2.18. The number of aromatic nitrogens is 8. The maximum atomic E-state index is 9.57. The largest absolute Gasteiger partial charge is 0.389 e. The summed E-state index contributed by atoms with van der Waals surface area (Å²) in [4.78, 5) is 0. The molecule has 11 heteroatoms. The monoisotopic (exact) mass is 1160 g/mol. The summed E-state index contributed by atoms with van der Waals surface area (Å²) in [5, 5.41) is 27.4. The zero-order valence-electron chi connectivity index (χ0n) is 54.8. The average molecular weight is 1160 g/mol. The van der Waals surface area contributed by atoms with Crippen LogP contribution in [0.5, 0.6) is 0 Å². The molecule has 0 aliphatic carbocycles. The fourth-order valence-corrected chi connectivity index (χ4v) is 8.59. The van der Waals surface area contributed by atoms with E-state index in [1.165, 1.54) is 63.4 Å². The first-order valence-electron chi connectivity index (χ1n) is 29.5. The summed E-state index contributed by atoms with van der Waals surface area (Å²) in [7, 11) is 16.1. The number of hydrogen-bond donors (Lipinski definition) is 3. The van der Waals surface area contributed by atoms with Gasteiger partial charge in [0, 0.05) is 130 Å². The minimum atomic E-state index is -0.728. The second-order valence-electron chi connectivity index (χ2n) is 22.2. The molecule has 8 aromatic heterocycles. The van der Waals surface area contributed by atoms with Gasteiger partial charge in [-0.2, -0.15) is 0 Å². The number of pyridine rings is 8. The fourth-order valence-electron chi connectivity index (χ4n) is 8.59. The lowest BCUT2D eigenvalue weighted by molar-refractivity contribution is -0.683. The molecule has 86 heavy (non-hydrogen) atoms. The van der Waals surface area contributed by atoms with Gasteiger partial charge >= 0.3 is 0 Å². The van der Waals surface area contributed by atoms with Crippen molar-refractivity contribution in [3.63, 3.8) is 0 Å². The van der Waals surface area contributed by atoms with Crippen LogP contribution in [0.1, 0.15) is 114 Å². The zero-order chi connectivity index (χ0) is 63.6. The maximum absolute atomic E-state index is 9.57. The Hall–Kier alpha value is -8.48. The van der Waals surface area contributed by atoms with Gasteiger partial charge in [0.25, 0.3) is 0 Å². The minimum absolute atomic E-state index is 0.108. The highest BCUT2D eigenvalue weighted by molar-refractivity contribution is 5.41. The third-order valence-electron chi connectivity index (χ3n) is 14.1. The van der Waals surface area contributed by atoms with Gasteiger partial charge in [0.05, 0.1) is 11.7 Å². The van der Waals surface area contributed by atoms with Crippen LogP contribution in [-0.2, 0) is 75.0 Å². The van der Waals surface area contributed by atoms with Gasteiger partial charge < -0.3 is 15.3 Å². The van der Waals surface area contributed by atoms with E-state index in [-0.39, 0.29) is 12.7 Å². The Morgan fingerprint density at radius 3 is 1.16 bits per heavy atom. The van der Waals surface area contributed by atoms with E-state index in [0.29, 0.717) is 5.92 Å². The van der Waals surface area contributed by atoms with Crippen molar-refractivity contribution in [2.24, 2.45) is 56.4 Å². The average Bonchev–Trinajstić information content (AvgIpc) is 3.01. The van der Waals surface area contributed by atoms with Gasteiger partial charge in [-0.05, 0) is 80.5 Å². The predicted molar refractivity (Wildman–Crippen MR) is 344 cm³/mol. The number of aliphatic hydroxyl groups is 3. The summed E-state index contributed by atoms with van der Waals surface area (Å²) in [6.07, 6.45) is 24.1. The molecule has 0 bridgehead atoms. The molecule has 1 unspecified atom stereocenters. The lowest BCUT2D eigenvalue weighted by atomic mass is 9.86. The van der Waals surface area contributed by atoms with Crippen LogP contribution in [0.4, 0.5) is 0 Å². The molecule has 10 aromatic rings. The Morgan fingerprint density at radius 1 is 0.407 bits per heavy atom. The second kappa shape index (κ2) is 38.5. The Morgan fingerprint density at radius 2 is 0.814 bits per heavy atom. The molecular formula is C75H102N8O3+8.